The van der Waals surface area contributed by atoms with E-state index in [1.54, 1.807) is 12.4 Å². The van der Waals surface area contributed by atoms with Gasteiger partial charge in [0, 0.05) is 23.1 Å². The van der Waals surface area contributed by atoms with E-state index in [2.05, 4.69) is 33.7 Å². The molecule has 0 aliphatic rings. The lowest BCUT2D eigenvalue weighted by molar-refractivity contribution is 0.0906. The van der Waals surface area contributed by atoms with Crippen LogP contribution in [-0.2, 0) is 11.5 Å². The monoisotopic (exact) mass is 465 g/mol. The molecule has 8 nitrogen and oxygen atoms in total. The zero-order valence-corrected chi connectivity index (χ0v) is 20.1. The van der Waals surface area contributed by atoms with Gasteiger partial charge in [-0.05, 0) is 56.0 Å². The van der Waals surface area contributed by atoms with E-state index in [4.69, 9.17) is 9.72 Å². The second kappa shape index (κ2) is 9.60. The molecular weight excluding hydrogens is 437 g/mol. The van der Waals surface area contributed by atoms with E-state index in [0.29, 0.717) is 35.8 Å². The second-order valence-corrected chi connectivity index (χ2v) is 13.4. The summed E-state index contributed by atoms with van der Waals surface area (Å²) in [6.45, 7) is 2.96. The van der Waals surface area contributed by atoms with Crippen LogP contribution < -0.4 is 5.46 Å². The fourth-order valence-electron chi connectivity index (χ4n) is 3.38. The highest BCUT2D eigenvalue weighted by atomic mass is 32.3. The smallest absolute Gasteiger partial charge is 0.423 e. The molecule has 0 unspecified atom stereocenters. The Morgan fingerprint density at radius 2 is 1.82 bits per heavy atom. The molecule has 0 fully saturated rings. The lowest BCUT2D eigenvalue weighted by Crippen LogP contribution is -2.30. The third-order valence-electron chi connectivity index (χ3n) is 5.14. The van der Waals surface area contributed by atoms with Crippen LogP contribution in [0, 0.1) is 6.92 Å². The van der Waals surface area contributed by atoms with Crippen molar-refractivity contribution in [2.75, 3.05) is 31.1 Å². The number of aryl methyl sites for hydroxylation is 1. The molecule has 33 heavy (non-hydrogen) atoms. The summed E-state index contributed by atoms with van der Waals surface area (Å²) in [5.41, 5.74) is 5.33. The number of ether oxygens (including phenoxy) is 1. The van der Waals surface area contributed by atoms with Gasteiger partial charge in [-0.1, -0.05) is 6.07 Å². The Hall–Kier alpha value is -2.79. The van der Waals surface area contributed by atoms with Crippen molar-refractivity contribution in [3.05, 3.63) is 54.6 Å². The highest BCUT2D eigenvalue weighted by Gasteiger charge is 2.19. The Balaban J connectivity index is 1.76. The Bertz CT molecular complexity index is 1270. The van der Waals surface area contributed by atoms with E-state index < -0.39 is 17.1 Å². The molecule has 0 saturated carbocycles. The number of aromatic nitrogens is 5. The third kappa shape index (κ3) is 5.59. The van der Waals surface area contributed by atoms with E-state index in [-0.39, 0.29) is 5.46 Å². The molecule has 0 bridgehead atoms. The Kier molecular flexibility index (Phi) is 6.80. The molecule has 0 aliphatic heterocycles. The van der Waals surface area contributed by atoms with Crippen LogP contribution in [0.1, 0.15) is 5.69 Å². The van der Waals surface area contributed by atoms with E-state index in [1.807, 2.05) is 41.8 Å². The van der Waals surface area contributed by atoms with Crippen LogP contribution in [0.25, 0.3) is 33.8 Å². The van der Waals surface area contributed by atoms with Crippen LogP contribution in [-0.4, -0.2) is 72.8 Å². The van der Waals surface area contributed by atoms with Crippen molar-refractivity contribution in [2.24, 2.45) is 0 Å². The first-order valence-corrected chi connectivity index (χ1v) is 13.6. The van der Waals surface area contributed by atoms with Gasteiger partial charge in [-0.25, -0.2) is 20.0 Å². The summed E-state index contributed by atoms with van der Waals surface area (Å²) in [6.07, 6.45) is 9.99. The summed E-state index contributed by atoms with van der Waals surface area (Å²) < 4.78 is 7.92. The van der Waals surface area contributed by atoms with Crippen molar-refractivity contribution in [1.82, 2.24) is 24.5 Å². The second-order valence-electron chi connectivity index (χ2n) is 8.79. The van der Waals surface area contributed by atoms with Crippen LogP contribution in [0.4, 0.5) is 0 Å². The van der Waals surface area contributed by atoms with Gasteiger partial charge >= 0.3 is 7.12 Å². The predicted molar refractivity (Wildman–Crippen MR) is 135 cm³/mol. The predicted octanol–water partition coefficient (Wildman–Crippen LogP) is 2.21. The SMILES string of the molecule is Cc1cccc(-c2ncn(COCCS(C)(C)C)c2-c2ccc3ncc(B(O)O)cc3n2)n1. The average Bonchev–Trinajstić information content (AvgIpc) is 3.19. The lowest BCUT2D eigenvalue weighted by atomic mass is 9.81. The first kappa shape index (κ1) is 23.4. The molecule has 4 heterocycles. The first-order valence-electron chi connectivity index (χ1n) is 10.6. The molecule has 0 atom stereocenters. The van der Waals surface area contributed by atoms with E-state index >= 15 is 0 Å². The summed E-state index contributed by atoms with van der Waals surface area (Å²) in [5, 5.41) is 19.1. The van der Waals surface area contributed by atoms with Crippen molar-refractivity contribution < 1.29 is 14.8 Å². The van der Waals surface area contributed by atoms with Crippen molar-refractivity contribution in [2.45, 2.75) is 13.7 Å². The summed E-state index contributed by atoms with van der Waals surface area (Å²) in [5.74, 6) is 1.02. The molecule has 0 saturated heterocycles. The minimum absolute atomic E-state index is 0.286. The molecule has 0 aromatic carbocycles. The zero-order valence-electron chi connectivity index (χ0n) is 19.3. The minimum atomic E-state index is -1.61. The van der Waals surface area contributed by atoms with Gasteiger partial charge in [-0.2, -0.15) is 0 Å². The molecule has 0 radical (unpaired) electrons. The minimum Gasteiger partial charge on any atom is -0.423 e. The number of pyridine rings is 3. The van der Waals surface area contributed by atoms with E-state index in [1.165, 1.54) is 6.20 Å². The molecule has 172 valence electrons. The Morgan fingerprint density at radius 3 is 2.55 bits per heavy atom. The fraction of sp³-hybridized carbons (Fsp3) is 0.304. The number of fused-ring (bicyclic) bond motifs is 1. The third-order valence-corrected chi connectivity index (χ3v) is 6.53. The molecule has 0 aliphatic carbocycles. The molecule has 0 amide bonds. The number of imidazole rings is 1. The van der Waals surface area contributed by atoms with E-state index in [0.717, 1.165) is 22.8 Å². The molecule has 4 rings (SSSR count). The number of rotatable bonds is 8. The van der Waals surface area contributed by atoms with Crippen LogP contribution in [0.15, 0.2) is 48.9 Å². The van der Waals surface area contributed by atoms with Gasteiger partial charge < -0.3 is 19.4 Å². The number of hydrogen-bond donors (Lipinski definition) is 2. The van der Waals surface area contributed by atoms with Crippen molar-refractivity contribution in [3.63, 3.8) is 0 Å². The van der Waals surface area contributed by atoms with Crippen LogP contribution in [0.3, 0.4) is 0 Å². The van der Waals surface area contributed by atoms with Gasteiger partial charge in [0.25, 0.3) is 0 Å². The Labute approximate surface area is 195 Å². The van der Waals surface area contributed by atoms with Gasteiger partial charge in [0.15, 0.2) is 0 Å². The average molecular weight is 465 g/mol. The summed E-state index contributed by atoms with van der Waals surface area (Å²) in [6, 6.07) is 11.2. The highest BCUT2D eigenvalue weighted by molar-refractivity contribution is 8.32. The molecular formula is C23H28BN5O3S. The maximum Gasteiger partial charge on any atom is 0.490 e. The molecule has 0 spiro atoms. The molecule has 2 N–H and O–H groups in total. The van der Waals surface area contributed by atoms with Crippen LogP contribution >= 0.6 is 10.0 Å². The summed E-state index contributed by atoms with van der Waals surface area (Å²) in [4.78, 5) is 18.4. The van der Waals surface area contributed by atoms with Gasteiger partial charge in [0.05, 0.1) is 41.0 Å². The highest BCUT2D eigenvalue weighted by Crippen LogP contribution is 2.34. The summed E-state index contributed by atoms with van der Waals surface area (Å²) >= 11 is 0. The van der Waals surface area contributed by atoms with Gasteiger partial charge in [-0.15, -0.1) is 0 Å². The van der Waals surface area contributed by atoms with Crippen LogP contribution in [0.5, 0.6) is 0 Å². The molecule has 4 aromatic heterocycles. The maximum absolute atomic E-state index is 9.53. The largest absolute Gasteiger partial charge is 0.490 e. The zero-order chi connectivity index (χ0) is 23.6. The number of hydrogen-bond acceptors (Lipinski definition) is 7. The van der Waals surface area contributed by atoms with Crippen LogP contribution in [0.2, 0.25) is 0 Å². The molecule has 10 heteroatoms. The van der Waals surface area contributed by atoms with Gasteiger partial charge in [-0.3, -0.25) is 9.97 Å². The fourth-order valence-corrected chi connectivity index (χ4v) is 4.00. The maximum atomic E-state index is 9.53. The number of nitrogens with zero attached hydrogens (tertiary/aromatic N) is 5. The van der Waals surface area contributed by atoms with Gasteiger partial charge in [0.2, 0.25) is 0 Å². The summed E-state index contributed by atoms with van der Waals surface area (Å²) in [7, 11) is -2.25. The normalized spacial score (nSPS) is 12.3. The lowest BCUT2D eigenvalue weighted by Gasteiger charge is -2.24. The Morgan fingerprint density at radius 1 is 1.00 bits per heavy atom. The van der Waals surface area contributed by atoms with Gasteiger partial charge in [0.1, 0.15) is 12.4 Å². The quantitative estimate of drug-likeness (QED) is 0.304. The van der Waals surface area contributed by atoms with Crippen molar-refractivity contribution >= 4 is 33.6 Å². The standard InChI is InChI=1S/C23H28BN5O3S/c1-16-6-5-7-19(27-16)22-23(29(14-26-22)15-32-10-11-33(2,3)4)20-9-8-18-21(28-20)12-17(13-25-18)24(30)31/h5-9,12-14,30-31H,10-11,15H2,1-4H3. The molecule has 4 aromatic rings. The van der Waals surface area contributed by atoms with E-state index in [9.17, 15) is 10.0 Å². The van der Waals surface area contributed by atoms with Crippen molar-refractivity contribution in [3.8, 4) is 22.8 Å². The first-order chi connectivity index (χ1) is 15.7. The topological polar surface area (TPSA) is 106 Å². The van der Waals surface area contributed by atoms with Crippen molar-refractivity contribution in [1.29, 1.82) is 0 Å².